The average molecular weight is 541 g/mol. The highest BCUT2D eigenvalue weighted by atomic mass is 79.9. The summed E-state index contributed by atoms with van der Waals surface area (Å²) in [7, 11) is 0. The maximum Gasteiger partial charge on any atom is 0.283 e. The molecule has 0 radical (unpaired) electrons. The van der Waals surface area contributed by atoms with Crippen LogP contribution in [0.2, 0.25) is 0 Å². The number of carbonyl (C=O) groups is 3. The first kappa shape index (κ1) is 23.5. The van der Waals surface area contributed by atoms with Crippen molar-refractivity contribution >= 4 is 62.3 Å². The third-order valence-electron chi connectivity index (χ3n) is 4.95. The van der Waals surface area contributed by atoms with Gasteiger partial charge in [-0.3, -0.25) is 14.4 Å². The van der Waals surface area contributed by atoms with Crippen molar-refractivity contribution in [2.24, 2.45) is 0 Å². The van der Waals surface area contributed by atoms with Crippen LogP contribution in [0.1, 0.15) is 17.3 Å². The highest BCUT2D eigenvalue weighted by Gasteiger charge is 2.39. The van der Waals surface area contributed by atoms with Crippen LogP contribution < -0.4 is 20.3 Å². The minimum atomic E-state index is -0.621. The molecule has 0 unspecified atom stereocenters. The van der Waals surface area contributed by atoms with Gasteiger partial charge in [0.15, 0.2) is 0 Å². The van der Waals surface area contributed by atoms with Gasteiger partial charge in [0.05, 0.1) is 12.3 Å². The number of amides is 3. The van der Waals surface area contributed by atoms with Crippen molar-refractivity contribution in [2.75, 3.05) is 22.1 Å². The number of benzene rings is 3. The lowest BCUT2D eigenvalue weighted by Crippen LogP contribution is -2.32. The van der Waals surface area contributed by atoms with E-state index in [1.807, 2.05) is 19.1 Å². The fraction of sp³-hybridized carbons (Fsp3) is 0.0800. The van der Waals surface area contributed by atoms with Crippen molar-refractivity contribution in [2.45, 2.75) is 6.92 Å². The zero-order chi connectivity index (χ0) is 24.2. The lowest BCUT2D eigenvalue weighted by Gasteiger charge is -2.15. The summed E-state index contributed by atoms with van der Waals surface area (Å²) in [6.07, 6.45) is 0. The highest BCUT2D eigenvalue weighted by molar-refractivity contribution is 9.10. The van der Waals surface area contributed by atoms with Crippen LogP contribution in [0.3, 0.4) is 0 Å². The molecule has 2 N–H and O–H groups in total. The molecule has 172 valence electrons. The van der Waals surface area contributed by atoms with Crippen molar-refractivity contribution in [1.82, 2.24) is 0 Å². The predicted octanol–water partition coefficient (Wildman–Crippen LogP) is 5.54. The summed E-state index contributed by atoms with van der Waals surface area (Å²) in [6.45, 7) is 2.37. The summed E-state index contributed by atoms with van der Waals surface area (Å²) >= 11 is 9.55. The molecule has 3 aromatic carbocycles. The van der Waals surface area contributed by atoms with Gasteiger partial charge in [0.1, 0.15) is 16.5 Å². The SMILES string of the molecule is CCOc1ccc(N2C(=O)C(Cl)=C(Nc3ccc(C(=O)Nc4ccc(Br)cc4)cc3)C2=O)cc1. The molecule has 0 atom stereocenters. The van der Waals surface area contributed by atoms with Crippen molar-refractivity contribution < 1.29 is 19.1 Å². The Kier molecular flexibility index (Phi) is 7.00. The first-order chi connectivity index (χ1) is 16.4. The Morgan fingerprint density at radius 2 is 1.53 bits per heavy atom. The topological polar surface area (TPSA) is 87.7 Å². The van der Waals surface area contributed by atoms with Gasteiger partial charge in [-0.05, 0) is 79.7 Å². The van der Waals surface area contributed by atoms with E-state index in [2.05, 4.69) is 26.6 Å². The molecule has 0 bridgehead atoms. The van der Waals surface area contributed by atoms with Crippen LogP contribution in [0.4, 0.5) is 17.1 Å². The Morgan fingerprint density at radius 1 is 0.912 bits per heavy atom. The number of rotatable bonds is 7. The quantitative estimate of drug-likeness (QED) is 0.385. The van der Waals surface area contributed by atoms with E-state index in [1.54, 1.807) is 60.7 Å². The van der Waals surface area contributed by atoms with E-state index in [1.165, 1.54) is 0 Å². The Morgan fingerprint density at radius 3 is 2.15 bits per heavy atom. The van der Waals surface area contributed by atoms with Gasteiger partial charge < -0.3 is 15.4 Å². The number of ether oxygens (including phenoxy) is 1. The molecule has 0 fully saturated rings. The first-order valence-electron chi connectivity index (χ1n) is 10.3. The second-order valence-electron chi connectivity index (χ2n) is 7.22. The normalized spacial score (nSPS) is 13.3. The van der Waals surface area contributed by atoms with E-state index in [4.69, 9.17) is 16.3 Å². The van der Waals surface area contributed by atoms with Gasteiger partial charge in [-0.25, -0.2) is 4.90 Å². The Balaban J connectivity index is 1.45. The summed E-state index contributed by atoms with van der Waals surface area (Å²) in [5.74, 6) is -0.841. The summed E-state index contributed by atoms with van der Waals surface area (Å²) in [6, 6.07) is 20.3. The second-order valence-corrected chi connectivity index (χ2v) is 8.52. The standard InChI is InChI=1S/C25H19BrClN3O4/c1-2-34-20-13-11-19(12-14-20)30-24(32)21(27)22(25(30)33)28-17-7-3-15(4-8-17)23(31)29-18-9-5-16(26)6-10-18/h3-14,28H,2H2,1H3,(H,29,31). The average Bonchev–Trinajstić information content (AvgIpc) is 3.05. The predicted molar refractivity (Wildman–Crippen MR) is 135 cm³/mol. The molecule has 4 rings (SSSR count). The van der Waals surface area contributed by atoms with Crippen LogP contribution in [0, 0.1) is 0 Å². The van der Waals surface area contributed by atoms with Gasteiger partial charge in [0, 0.05) is 21.4 Å². The number of hydrogen-bond acceptors (Lipinski definition) is 5. The maximum absolute atomic E-state index is 12.9. The van der Waals surface area contributed by atoms with Crippen molar-refractivity contribution in [3.8, 4) is 5.75 Å². The Bertz CT molecular complexity index is 1270. The second kappa shape index (κ2) is 10.1. The molecule has 9 heteroatoms. The van der Waals surface area contributed by atoms with Gasteiger partial charge in [0.2, 0.25) is 0 Å². The van der Waals surface area contributed by atoms with Crippen LogP contribution in [0.5, 0.6) is 5.75 Å². The maximum atomic E-state index is 12.9. The monoisotopic (exact) mass is 539 g/mol. The third-order valence-corrected chi connectivity index (χ3v) is 5.83. The van der Waals surface area contributed by atoms with Gasteiger partial charge >= 0.3 is 0 Å². The fourth-order valence-electron chi connectivity index (χ4n) is 3.29. The van der Waals surface area contributed by atoms with Crippen LogP contribution in [0.25, 0.3) is 0 Å². The summed E-state index contributed by atoms with van der Waals surface area (Å²) in [4.78, 5) is 39.1. The third kappa shape index (κ3) is 4.98. The van der Waals surface area contributed by atoms with Crippen LogP contribution >= 0.6 is 27.5 Å². The van der Waals surface area contributed by atoms with E-state index in [-0.39, 0.29) is 16.6 Å². The molecule has 3 aromatic rings. The number of halogens is 2. The summed E-state index contributed by atoms with van der Waals surface area (Å²) in [5.41, 5.74) is 1.94. The van der Waals surface area contributed by atoms with Gasteiger partial charge in [-0.2, -0.15) is 0 Å². The highest BCUT2D eigenvalue weighted by Crippen LogP contribution is 2.31. The Labute approximate surface area is 209 Å². The summed E-state index contributed by atoms with van der Waals surface area (Å²) < 4.78 is 6.31. The zero-order valence-corrected chi connectivity index (χ0v) is 20.3. The van der Waals surface area contributed by atoms with E-state index in [0.29, 0.717) is 35.0 Å². The number of nitrogens with zero attached hydrogens (tertiary/aromatic N) is 1. The largest absolute Gasteiger partial charge is 0.494 e. The lowest BCUT2D eigenvalue weighted by atomic mass is 10.2. The van der Waals surface area contributed by atoms with E-state index >= 15 is 0 Å². The van der Waals surface area contributed by atoms with Crippen molar-refractivity contribution in [3.05, 3.63) is 93.6 Å². The zero-order valence-electron chi connectivity index (χ0n) is 18.0. The molecule has 0 spiro atoms. The lowest BCUT2D eigenvalue weighted by molar-refractivity contribution is -0.120. The Hall–Kier alpha value is -3.62. The molecule has 7 nitrogen and oxygen atoms in total. The van der Waals surface area contributed by atoms with Crippen LogP contribution in [-0.4, -0.2) is 24.3 Å². The summed E-state index contributed by atoms with van der Waals surface area (Å²) in [5, 5.41) is 5.49. The molecule has 0 aromatic heterocycles. The fourth-order valence-corrected chi connectivity index (χ4v) is 3.77. The van der Waals surface area contributed by atoms with Crippen LogP contribution in [-0.2, 0) is 9.59 Å². The molecule has 0 aliphatic carbocycles. The minimum Gasteiger partial charge on any atom is -0.494 e. The van der Waals surface area contributed by atoms with E-state index in [0.717, 1.165) is 9.37 Å². The number of hydrogen-bond donors (Lipinski definition) is 2. The van der Waals surface area contributed by atoms with Gasteiger partial charge in [0.25, 0.3) is 17.7 Å². The molecule has 0 saturated carbocycles. The number of anilines is 3. The molecular weight excluding hydrogens is 522 g/mol. The molecule has 34 heavy (non-hydrogen) atoms. The molecule has 1 aliphatic rings. The molecule has 3 amide bonds. The number of imide groups is 1. The smallest absolute Gasteiger partial charge is 0.283 e. The molecule has 1 heterocycles. The van der Waals surface area contributed by atoms with Crippen LogP contribution in [0.15, 0.2) is 88.0 Å². The van der Waals surface area contributed by atoms with E-state index < -0.39 is 11.8 Å². The molecular formula is C25H19BrClN3O4. The minimum absolute atomic E-state index is 0.0346. The van der Waals surface area contributed by atoms with Gasteiger partial charge in [-0.15, -0.1) is 0 Å². The number of nitrogens with one attached hydrogen (secondary N) is 2. The first-order valence-corrected chi connectivity index (χ1v) is 11.5. The van der Waals surface area contributed by atoms with Crippen molar-refractivity contribution in [1.29, 1.82) is 0 Å². The van der Waals surface area contributed by atoms with E-state index in [9.17, 15) is 14.4 Å². The van der Waals surface area contributed by atoms with Crippen molar-refractivity contribution in [3.63, 3.8) is 0 Å². The van der Waals surface area contributed by atoms with Gasteiger partial charge in [-0.1, -0.05) is 27.5 Å². The molecule has 1 aliphatic heterocycles. The number of carbonyl (C=O) groups excluding carboxylic acids is 3. The molecule has 0 saturated heterocycles.